The van der Waals surface area contributed by atoms with Crippen molar-refractivity contribution in [3.05, 3.63) is 0 Å². The van der Waals surface area contributed by atoms with Crippen LogP contribution in [0.4, 0.5) is 0 Å². The van der Waals surface area contributed by atoms with Gasteiger partial charge in [0.15, 0.2) is 0 Å². The summed E-state index contributed by atoms with van der Waals surface area (Å²) >= 11 is 0. The van der Waals surface area contributed by atoms with Gasteiger partial charge < -0.3 is 14.3 Å². The molecule has 4 heteroatoms. The number of hydrogen-bond donors (Lipinski definition) is 1. The fourth-order valence-electron chi connectivity index (χ4n) is 2.79. The van der Waals surface area contributed by atoms with Crippen LogP contribution in [0.15, 0.2) is 0 Å². The van der Waals surface area contributed by atoms with Crippen LogP contribution in [0.3, 0.4) is 0 Å². The Hall–Kier alpha value is -0.0551. The molecule has 24 heavy (non-hydrogen) atoms. The fourth-order valence-corrected chi connectivity index (χ4v) is 2.79. The van der Waals surface area contributed by atoms with E-state index in [0.29, 0.717) is 13.2 Å². The van der Waals surface area contributed by atoms with Crippen molar-refractivity contribution < 1.29 is 14.3 Å². The topological polar surface area (TPSA) is 38.7 Å². The highest BCUT2D eigenvalue weighted by Gasteiger charge is 2.14. The van der Waals surface area contributed by atoms with Gasteiger partial charge in [-0.05, 0) is 24.7 Å². The van der Waals surface area contributed by atoms with E-state index in [-0.39, 0.29) is 0 Å². The van der Waals surface area contributed by atoms with Gasteiger partial charge in [0, 0.05) is 13.2 Å². The Bertz CT molecular complexity index is 223. The van der Waals surface area contributed by atoms with Crippen molar-refractivity contribution in [2.45, 2.75) is 105 Å². The smallest absolute Gasteiger partial charge is 0.402 e. The Morgan fingerprint density at radius 2 is 0.917 bits per heavy atom. The van der Waals surface area contributed by atoms with E-state index in [4.69, 9.17) is 9.31 Å². The van der Waals surface area contributed by atoms with E-state index in [1.165, 1.54) is 64.2 Å². The first kappa shape index (κ1) is 23.9. The molecule has 0 aliphatic rings. The summed E-state index contributed by atoms with van der Waals surface area (Å²) in [5.74, 6) is 1.64. The van der Waals surface area contributed by atoms with Crippen LogP contribution in [0.1, 0.15) is 105 Å². The van der Waals surface area contributed by atoms with Crippen LogP contribution in [0.5, 0.6) is 0 Å². The van der Waals surface area contributed by atoms with Gasteiger partial charge in [-0.3, -0.25) is 0 Å². The molecule has 0 heterocycles. The Balaban J connectivity index is 3.17. The van der Waals surface area contributed by atoms with Crippen LogP contribution < -0.4 is 0 Å². The zero-order chi connectivity index (χ0) is 18.0. The summed E-state index contributed by atoms with van der Waals surface area (Å²) in [6.07, 6.45) is 14.9. The Morgan fingerprint density at radius 1 is 0.583 bits per heavy atom. The maximum atomic E-state index is 9.61. The largest absolute Gasteiger partial charge is 0.636 e. The van der Waals surface area contributed by atoms with E-state index in [0.717, 1.165) is 24.7 Å². The molecule has 0 spiro atoms. The summed E-state index contributed by atoms with van der Waals surface area (Å²) in [4.78, 5) is 0. The van der Waals surface area contributed by atoms with Crippen LogP contribution in [0.25, 0.3) is 0 Å². The molecule has 0 unspecified atom stereocenters. The average molecular weight is 342 g/mol. The maximum absolute atomic E-state index is 9.61. The minimum absolute atomic E-state index is 0.598. The molecule has 0 amide bonds. The van der Waals surface area contributed by atoms with Gasteiger partial charge in [-0.15, -0.1) is 0 Å². The van der Waals surface area contributed by atoms with Crippen molar-refractivity contribution in [1.29, 1.82) is 0 Å². The first-order chi connectivity index (χ1) is 11.5. The van der Waals surface area contributed by atoms with Gasteiger partial charge in [0.05, 0.1) is 0 Å². The minimum atomic E-state index is -1.04. The van der Waals surface area contributed by atoms with E-state index < -0.39 is 7.32 Å². The van der Waals surface area contributed by atoms with Crippen molar-refractivity contribution in [1.82, 2.24) is 0 Å². The van der Waals surface area contributed by atoms with Crippen molar-refractivity contribution >= 4 is 7.32 Å². The summed E-state index contributed by atoms with van der Waals surface area (Å²) in [5.41, 5.74) is 0. The predicted molar refractivity (Wildman–Crippen MR) is 105 cm³/mol. The summed E-state index contributed by atoms with van der Waals surface area (Å²) in [6, 6.07) is 0. The average Bonchev–Trinajstić information content (AvgIpc) is 2.51. The molecule has 0 fully saturated rings. The second kappa shape index (κ2) is 17.8. The summed E-state index contributed by atoms with van der Waals surface area (Å²) in [6.45, 7) is 10.3. The van der Waals surface area contributed by atoms with E-state index in [1.54, 1.807) is 0 Å². The number of hydrogen-bond acceptors (Lipinski definition) is 3. The molecule has 0 aliphatic heterocycles. The molecule has 0 aromatic heterocycles. The molecular formula is C20H43BO3. The molecule has 0 saturated carbocycles. The summed E-state index contributed by atoms with van der Waals surface area (Å²) in [7, 11) is -1.04. The zero-order valence-corrected chi connectivity index (χ0v) is 16.9. The molecule has 0 aromatic rings. The third-order valence-corrected chi connectivity index (χ3v) is 4.37. The molecule has 144 valence electrons. The highest BCUT2D eigenvalue weighted by Crippen LogP contribution is 2.11. The van der Waals surface area contributed by atoms with Crippen molar-refractivity contribution in [2.75, 3.05) is 13.2 Å². The number of rotatable bonds is 18. The SMILES string of the molecule is CC(C)CCCCCCCOB(O)OCCCCCCCC(C)C. The van der Waals surface area contributed by atoms with E-state index in [1.807, 2.05) is 0 Å². The summed E-state index contributed by atoms with van der Waals surface area (Å²) < 4.78 is 10.6. The van der Waals surface area contributed by atoms with Crippen molar-refractivity contribution in [3.8, 4) is 0 Å². The van der Waals surface area contributed by atoms with Crippen LogP contribution in [-0.4, -0.2) is 25.6 Å². The monoisotopic (exact) mass is 342 g/mol. The second-order valence-corrected chi connectivity index (χ2v) is 7.95. The predicted octanol–water partition coefficient (Wildman–Crippen LogP) is 5.99. The lowest BCUT2D eigenvalue weighted by atomic mass is 10.0. The van der Waals surface area contributed by atoms with Crippen LogP contribution in [0, 0.1) is 11.8 Å². The lowest BCUT2D eigenvalue weighted by Gasteiger charge is -2.09. The second-order valence-electron chi connectivity index (χ2n) is 7.95. The molecule has 0 aliphatic carbocycles. The fraction of sp³-hybridized carbons (Fsp3) is 1.00. The third-order valence-electron chi connectivity index (χ3n) is 4.37. The quantitative estimate of drug-likeness (QED) is 0.246. The van der Waals surface area contributed by atoms with E-state index in [9.17, 15) is 5.02 Å². The zero-order valence-electron chi connectivity index (χ0n) is 16.9. The van der Waals surface area contributed by atoms with Gasteiger partial charge in [-0.25, -0.2) is 0 Å². The van der Waals surface area contributed by atoms with Crippen molar-refractivity contribution in [3.63, 3.8) is 0 Å². The molecule has 3 nitrogen and oxygen atoms in total. The standard InChI is InChI=1S/C20H43BO3/c1-19(2)15-11-7-5-9-13-17-23-21(22)24-18-14-10-6-8-12-16-20(3)4/h19-20,22H,5-18H2,1-4H3. The van der Waals surface area contributed by atoms with E-state index >= 15 is 0 Å². The van der Waals surface area contributed by atoms with Gasteiger partial charge in [0.1, 0.15) is 0 Å². The number of unbranched alkanes of at least 4 members (excludes halogenated alkanes) is 8. The first-order valence-electron chi connectivity index (χ1n) is 10.4. The van der Waals surface area contributed by atoms with Crippen molar-refractivity contribution in [2.24, 2.45) is 11.8 Å². The minimum Gasteiger partial charge on any atom is -0.402 e. The van der Waals surface area contributed by atoms with Gasteiger partial charge in [0.25, 0.3) is 0 Å². The van der Waals surface area contributed by atoms with Crippen LogP contribution in [-0.2, 0) is 9.31 Å². The Kier molecular flexibility index (Phi) is 17.7. The highest BCUT2D eigenvalue weighted by atomic mass is 16.7. The normalized spacial score (nSPS) is 11.6. The lowest BCUT2D eigenvalue weighted by Crippen LogP contribution is -2.23. The van der Waals surface area contributed by atoms with Gasteiger partial charge in [-0.2, -0.15) is 0 Å². The Morgan fingerprint density at radius 3 is 1.29 bits per heavy atom. The van der Waals surface area contributed by atoms with Crippen LogP contribution >= 0.6 is 0 Å². The molecular weight excluding hydrogens is 299 g/mol. The molecule has 0 rings (SSSR count). The van der Waals surface area contributed by atoms with E-state index in [2.05, 4.69) is 27.7 Å². The molecule has 1 N–H and O–H groups in total. The Labute approximate surface area is 152 Å². The van der Waals surface area contributed by atoms with Gasteiger partial charge in [-0.1, -0.05) is 91.9 Å². The molecule has 0 radical (unpaired) electrons. The molecule has 0 bridgehead atoms. The van der Waals surface area contributed by atoms with Gasteiger partial charge >= 0.3 is 7.32 Å². The molecule has 0 atom stereocenters. The molecule has 0 aromatic carbocycles. The summed E-state index contributed by atoms with van der Waals surface area (Å²) in [5, 5.41) is 9.61. The third kappa shape index (κ3) is 20.0. The highest BCUT2D eigenvalue weighted by molar-refractivity contribution is 6.34. The lowest BCUT2D eigenvalue weighted by molar-refractivity contribution is 0.128. The van der Waals surface area contributed by atoms with Gasteiger partial charge in [0.2, 0.25) is 0 Å². The first-order valence-corrected chi connectivity index (χ1v) is 10.4. The maximum Gasteiger partial charge on any atom is 0.636 e. The van der Waals surface area contributed by atoms with Crippen LogP contribution in [0.2, 0.25) is 0 Å². The molecule has 0 saturated heterocycles.